The predicted molar refractivity (Wildman–Crippen MR) is 200 cm³/mol. The molecule has 12 nitrogen and oxygen atoms in total. The Bertz CT molecular complexity index is 2230. The molecule has 16 heteroatoms. The van der Waals surface area contributed by atoms with Gasteiger partial charge in [-0.1, -0.05) is 46.4 Å². The molecule has 3 N–H and O–H groups in total. The SMILES string of the molecule is CC(C)=C(Cl)N(C)C.C[N+]1=CCc2cc(C(=O)O)cnc21.Cn1ccc2cc(-c3nc4ccc(Cl)nc4o3)cnc21.Nc1ccc(Cl)nc1Cl. The van der Waals surface area contributed by atoms with E-state index in [1.165, 1.54) is 6.20 Å². The number of carboxylic acid groups (broad SMARTS) is 1. The lowest BCUT2D eigenvalue weighted by Crippen LogP contribution is -2.07. The maximum Gasteiger partial charge on any atom is 0.339 e. The molecule has 1 aliphatic rings. The standard InChI is InChI=1S/C14H9ClN4O.C9H8N2O2.C6H12ClN.C5H4Cl2N2/c1-19-5-4-8-6-9(7-16-12(8)19)13-17-10-2-3-11(15)18-14(10)20-13;1-11-3-2-6-4-7(9(12)13)5-10-8(6)11;1-5(2)6(7)8(3)4;6-4-2-1-3(8)5(7)9-4/h2-7H,1H3;3-5H,2H2,1H3;1-4H3;1-2H,8H2/p+1. The summed E-state index contributed by atoms with van der Waals surface area (Å²) in [6.07, 6.45) is 7.84. The van der Waals surface area contributed by atoms with E-state index >= 15 is 0 Å². The molecule has 0 bridgehead atoms. The lowest BCUT2D eigenvalue weighted by Gasteiger charge is -2.11. The van der Waals surface area contributed by atoms with Gasteiger partial charge in [-0.05, 0) is 66.9 Å². The molecule has 50 heavy (non-hydrogen) atoms. The van der Waals surface area contributed by atoms with Gasteiger partial charge >= 0.3 is 11.8 Å². The van der Waals surface area contributed by atoms with Crippen LogP contribution < -0.4 is 5.73 Å². The number of nitrogens with zero attached hydrogens (tertiary/aromatic N) is 8. The number of nitrogen functional groups attached to an aromatic ring is 1. The van der Waals surface area contributed by atoms with Crippen LogP contribution in [0.25, 0.3) is 33.7 Å². The van der Waals surface area contributed by atoms with E-state index < -0.39 is 5.97 Å². The van der Waals surface area contributed by atoms with Crippen molar-refractivity contribution in [2.24, 2.45) is 7.05 Å². The predicted octanol–water partition coefficient (Wildman–Crippen LogP) is 8.12. The van der Waals surface area contributed by atoms with Crippen molar-refractivity contribution in [2.45, 2.75) is 20.3 Å². The number of hydrogen-bond donors (Lipinski definition) is 2. The Morgan fingerprint density at radius 2 is 1.70 bits per heavy atom. The van der Waals surface area contributed by atoms with Crippen LogP contribution in [0, 0.1) is 0 Å². The average Bonchev–Trinajstić information content (AvgIpc) is 3.79. The minimum Gasteiger partial charge on any atom is -0.478 e. The highest BCUT2D eigenvalue weighted by Gasteiger charge is 2.21. The summed E-state index contributed by atoms with van der Waals surface area (Å²) in [6, 6.07) is 12.3. The van der Waals surface area contributed by atoms with Crippen LogP contribution in [0.4, 0.5) is 11.5 Å². The molecule has 1 aliphatic heterocycles. The first-order valence-electron chi connectivity index (χ1n) is 14.8. The first kappa shape index (κ1) is 38.1. The molecule has 0 amide bonds. The van der Waals surface area contributed by atoms with Gasteiger partial charge in [0.1, 0.15) is 32.2 Å². The van der Waals surface area contributed by atoms with Gasteiger partial charge in [-0.3, -0.25) is 0 Å². The first-order valence-corrected chi connectivity index (χ1v) is 16.4. The normalized spacial score (nSPS) is 11.3. The van der Waals surface area contributed by atoms with Crippen molar-refractivity contribution >= 4 is 92.4 Å². The largest absolute Gasteiger partial charge is 0.478 e. The molecule has 6 aromatic rings. The van der Waals surface area contributed by atoms with E-state index in [2.05, 4.69) is 24.9 Å². The highest BCUT2D eigenvalue weighted by atomic mass is 35.5. The van der Waals surface area contributed by atoms with Crippen molar-refractivity contribution in [3.05, 3.63) is 98.4 Å². The molecular formula is C34H34Cl4N9O3+. The van der Waals surface area contributed by atoms with Crippen LogP contribution in [-0.4, -0.2) is 77.4 Å². The third-order valence-corrected chi connectivity index (χ3v) is 8.37. The van der Waals surface area contributed by atoms with Gasteiger partial charge in [0.05, 0.1) is 30.1 Å². The van der Waals surface area contributed by atoms with Crippen LogP contribution in [0.2, 0.25) is 15.5 Å². The molecule has 0 radical (unpaired) electrons. The summed E-state index contributed by atoms with van der Waals surface area (Å²) in [5.74, 6) is 0.419. The van der Waals surface area contributed by atoms with E-state index in [1.807, 2.05) is 80.6 Å². The van der Waals surface area contributed by atoms with Crippen molar-refractivity contribution in [3.8, 4) is 11.5 Å². The van der Waals surface area contributed by atoms with Crippen molar-refractivity contribution < 1.29 is 18.9 Å². The molecule has 0 saturated heterocycles. The number of aryl methyl sites for hydroxylation is 1. The number of pyridine rings is 4. The Morgan fingerprint density at radius 1 is 1.00 bits per heavy atom. The highest BCUT2D eigenvalue weighted by Crippen LogP contribution is 2.26. The number of carbonyl (C=O) groups is 1. The Hall–Kier alpha value is -4.75. The molecule has 0 atom stereocenters. The number of aromatic nitrogens is 6. The highest BCUT2D eigenvalue weighted by molar-refractivity contribution is 6.34. The Balaban J connectivity index is 0.000000162. The van der Waals surface area contributed by atoms with Crippen molar-refractivity contribution in [1.82, 2.24) is 34.4 Å². The zero-order valence-electron chi connectivity index (χ0n) is 28.0. The van der Waals surface area contributed by atoms with Gasteiger partial charge in [0.15, 0.2) is 11.3 Å². The van der Waals surface area contributed by atoms with E-state index in [0.29, 0.717) is 33.1 Å². The van der Waals surface area contributed by atoms with Crippen LogP contribution in [0.15, 0.2) is 76.2 Å². The van der Waals surface area contributed by atoms with E-state index in [1.54, 1.807) is 36.5 Å². The number of halogens is 4. The smallest absolute Gasteiger partial charge is 0.339 e. The zero-order chi connectivity index (χ0) is 36.7. The summed E-state index contributed by atoms with van der Waals surface area (Å²) in [7, 11) is 7.71. The third-order valence-electron chi connectivity index (χ3n) is 6.93. The van der Waals surface area contributed by atoms with Gasteiger partial charge in [0.2, 0.25) is 11.6 Å². The number of aromatic carboxylic acids is 1. The molecule has 0 aromatic carbocycles. The minimum absolute atomic E-state index is 0.252. The second-order valence-corrected chi connectivity index (χ2v) is 12.7. The summed E-state index contributed by atoms with van der Waals surface area (Å²) in [6.45, 7) is 3.98. The van der Waals surface area contributed by atoms with Gasteiger partial charge < -0.3 is 24.7 Å². The fourth-order valence-electron chi connectivity index (χ4n) is 4.47. The van der Waals surface area contributed by atoms with Gasteiger partial charge in [0, 0.05) is 45.3 Å². The number of hydrogen-bond acceptors (Lipinski definition) is 9. The molecule has 6 aromatic heterocycles. The number of oxazole rings is 1. The Morgan fingerprint density at radius 3 is 2.32 bits per heavy atom. The zero-order valence-corrected chi connectivity index (χ0v) is 31.0. The molecule has 260 valence electrons. The van der Waals surface area contributed by atoms with E-state index in [-0.39, 0.29) is 10.7 Å². The van der Waals surface area contributed by atoms with Crippen LogP contribution >= 0.6 is 46.4 Å². The van der Waals surface area contributed by atoms with Crippen LogP contribution in [-0.2, 0) is 13.5 Å². The summed E-state index contributed by atoms with van der Waals surface area (Å²) in [4.78, 5) is 33.2. The van der Waals surface area contributed by atoms with Crippen LogP contribution in [0.5, 0.6) is 0 Å². The lowest BCUT2D eigenvalue weighted by molar-refractivity contribution is -0.400. The maximum atomic E-state index is 10.6. The Labute approximate surface area is 308 Å². The molecular weight excluding hydrogens is 724 g/mol. The molecule has 0 unspecified atom stereocenters. The maximum absolute atomic E-state index is 10.6. The van der Waals surface area contributed by atoms with Crippen LogP contribution in [0.1, 0.15) is 29.8 Å². The molecule has 0 aliphatic carbocycles. The first-order chi connectivity index (χ1) is 23.6. The second kappa shape index (κ2) is 16.8. The molecule has 0 spiro atoms. The van der Waals surface area contributed by atoms with Gasteiger partial charge in [-0.2, -0.15) is 4.98 Å². The summed E-state index contributed by atoms with van der Waals surface area (Å²) in [5, 5.41) is 11.6. The van der Waals surface area contributed by atoms with Gasteiger partial charge in [0.25, 0.3) is 0 Å². The quantitative estimate of drug-likeness (QED) is 0.103. The van der Waals surface area contributed by atoms with Crippen molar-refractivity contribution in [2.75, 3.05) is 26.9 Å². The second-order valence-electron chi connectivity index (χ2n) is 11.2. The lowest BCUT2D eigenvalue weighted by atomic mass is 10.1. The topological polar surface area (TPSA) is 152 Å². The number of anilines is 1. The number of rotatable bonds is 3. The molecule has 0 saturated carbocycles. The van der Waals surface area contributed by atoms with E-state index in [0.717, 1.165) is 45.1 Å². The van der Waals surface area contributed by atoms with Gasteiger partial charge in [-0.25, -0.2) is 24.3 Å². The number of carboxylic acids is 1. The van der Waals surface area contributed by atoms with Gasteiger partial charge in [-0.15, -0.1) is 0 Å². The average molecular weight is 759 g/mol. The van der Waals surface area contributed by atoms with Crippen molar-refractivity contribution in [1.29, 1.82) is 0 Å². The summed E-state index contributed by atoms with van der Waals surface area (Å²) < 4.78 is 9.51. The van der Waals surface area contributed by atoms with Crippen molar-refractivity contribution in [3.63, 3.8) is 0 Å². The number of allylic oxidation sites excluding steroid dienone is 1. The number of fused-ring (bicyclic) bond motifs is 3. The number of nitrogens with two attached hydrogens (primary N) is 1. The third kappa shape index (κ3) is 9.69. The molecule has 7 heterocycles. The van der Waals surface area contributed by atoms with E-state index in [9.17, 15) is 4.79 Å². The fourth-order valence-corrected chi connectivity index (χ4v) is 4.95. The monoisotopic (exact) mass is 756 g/mol. The minimum atomic E-state index is -0.926. The fraction of sp³-hybridized carbons (Fsp3) is 0.206. The molecule has 0 fully saturated rings. The summed E-state index contributed by atoms with van der Waals surface area (Å²) >= 11 is 22.6. The van der Waals surface area contributed by atoms with E-state index in [4.69, 9.17) is 61.7 Å². The molecule has 7 rings (SSSR count). The van der Waals surface area contributed by atoms with Crippen LogP contribution in [0.3, 0.4) is 0 Å². The summed E-state index contributed by atoms with van der Waals surface area (Å²) in [5.41, 5.74) is 11.0. The Kier molecular flexibility index (Phi) is 12.8.